The predicted molar refractivity (Wildman–Crippen MR) is 79.8 cm³/mol. The Balaban J connectivity index is 0.00000147. The van der Waals surface area contributed by atoms with Crippen molar-refractivity contribution in [3.8, 4) is 5.75 Å². The lowest BCUT2D eigenvalue weighted by atomic mass is 10.1. The zero-order chi connectivity index (χ0) is 13.2. The molecule has 2 N–H and O–H groups in total. The summed E-state index contributed by atoms with van der Waals surface area (Å²) in [4.78, 5) is 0. The highest BCUT2D eigenvalue weighted by Gasteiger charge is 2.34. The second-order valence-corrected chi connectivity index (χ2v) is 4.99. The van der Waals surface area contributed by atoms with Crippen LogP contribution in [-0.2, 0) is 6.61 Å². The van der Waals surface area contributed by atoms with E-state index in [1.165, 1.54) is 17.7 Å². The van der Waals surface area contributed by atoms with Crippen LogP contribution < -0.4 is 10.5 Å². The van der Waals surface area contributed by atoms with Crippen LogP contribution >= 0.6 is 12.4 Å². The van der Waals surface area contributed by atoms with E-state index in [-0.39, 0.29) is 18.2 Å². The number of rotatable bonds is 4. The molecule has 4 heteroatoms. The number of hydrogen-bond donors (Lipinski definition) is 1. The minimum Gasteiger partial charge on any atom is -0.489 e. The highest BCUT2D eigenvalue weighted by molar-refractivity contribution is 5.85. The highest BCUT2D eigenvalue weighted by Crippen LogP contribution is 2.39. The minimum absolute atomic E-state index is 0. The second-order valence-electron chi connectivity index (χ2n) is 4.99. The van der Waals surface area contributed by atoms with E-state index in [0.29, 0.717) is 18.6 Å². The fourth-order valence-corrected chi connectivity index (χ4v) is 2.16. The Morgan fingerprint density at radius 3 is 2.20 bits per heavy atom. The van der Waals surface area contributed by atoms with Gasteiger partial charge in [-0.1, -0.05) is 24.3 Å². The Hall–Kier alpha value is -1.58. The first kappa shape index (κ1) is 14.8. The van der Waals surface area contributed by atoms with E-state index in [1.54, 1.807) is 12.1 Å². The smallest absolute Gasteiger partial charge is 0.123 e. The largest absolute Gasteiger partial charge is 0.489 e. The van der Waals surface area contributed by atoms with Crippen molar-refractivity contribution in [1.82, 2.24) is 0 Å². The summed E-state index contributed by atoms with van der Waals surface area (Å²) in [6.07, 6.45) is 1.08. The predicted octanol–water partition coefficient (Wildman–Crippen LogP) is 3.64. The van der Waals surface area contributed by atoms with Crippen LogP contribution in [0.1, 0.15) is 23.5 Å². The molecule has 0 amide bonds. The van der Waals surface area contributed by atoms with E-state index in [1.807, 2.05) is 12.1 Å². The van der Waals surface area contributed by atoms with E-state index in [9.17, 15) is 4.39 Å². The van der Waals surface area contributed by atoms with Crippen LogP contribution in [-0.4, -0.2) is 6.04 Å². The minimum atomic E-state index is -0.228. The zero-order valence-corrected chi connectivity index (χ0v) is 11.8. The van der Waals surface area contributed by atoms with Gasteiger partial charge in [-0.3, -0.25) is 0 Å². The first-order valence-corrected chi connectivity index (χ1v) is 6.45. The molecule has 2 nitrogen and oxygen atoms in total. The van der Waals surface area contributed by atoms with E-state index in [2.05, 4.69) is 12.1 Å². The summed E-state index contributed by atoms with van der Waals surface area (Å²) in [5.41, 5.74) is 8.05. The summed E-state index contributed by atoms with van der Waals surface area (Å²) in [5.74, 6) is 1.11. The Bertz CT molecular complexity index is 556. The van der Waals surface area contributed by atoms with E-state index >= 15 is 0 Å². The van der Waals surface area contributed by atoms with Crippen LogP contribution in [0, 0.1) is 5.82 Å². The van der Waals surface area contributed by atoms with Gasteiger partial charge in [0.2, 0.25) is 0 Å². The summed E-state index contributed by atoms with van der Waals surface area (Å²) in [5, 5.41) is 0. The molecule has 0 aliphatic heterocycles. The molecule has 1 aliphatic carbocycles. The number of hydrogen-bond acceptors (Lipinski definition) is 2. The van der Waals surface area contributed by atoms with Crippen molar-refractivity contribution in [2.75, 3.05) is 0 Å². The van der Waals surface area contributed by atoms with Crippen LogP contribution in [0.3, 0.4) is 0 Å². The summed E-state index contributed by atoms with van der Waals surface area (Å²) in [6, 6.07) is 14.7. The average molecular weight is 294 g/mol. The lowest BCUT2D eigenvalue weighted by Crippen LogP contribution is -2.01. The van der Waals surface area contributed by atoms with Gasteiger partial charge in [0, 0.05) is 12.0 Å². The van der Waals surface area contributed by atoms with Crippen molar-refractivity contribution in [2.24, 2.45) is 5.73 Å². The molecule has 0 saturated heterocycles. The Kier molecular flexibility index (Phi) is 4.63. The molecule has 0 spiro atoms. The van der Waals surface area contributed by atoms with Gasteiger partial charge < -0.3 is 10.5 Å². The second kappa shape index (κ2) is 6.25. The van der Waals surface area contributed by atoms with Crippen molar-refractivity contribution in [3.05, 3.63) is 65.5 Å². The maximum atomic E-state index is 12.8. The Morgan fingerprint density at radius 1 is 1.05 bits per heavy atom. The zero-order valence-electron chi connectivity index (χ0n) is 11.0. The molecule has 2 unspecified atom stereocenters. The summed E-state index contributed by atoms with van der Waals surface area (Å²) >= 11 is 0. The van der Waals surface area contributed by atoms with Crippen LogP contribution in [0.2, 0.25) is 0 Å². The number of ether oxygens (including phenoxy) is 1. The average Bonchev–Trinajstić information content (AvgIpc) is 3.16. The summed E-state index contributed by atoms with van der Waals surface area (Å²) < 4.78 is 18.4. The van der Waals surface area contributed by atoms with Crippen molar-refractivity contribution < 1.29 is 9.13 Å². The van der Waals surface area contributed by atoms with Gasteiger partial charge in [0.15, 0.2) is 0 Å². The van der Waals surface area contributed by atoms with Crippen molar-refractivity contribution in [2.45, 2.75) is 25.0 Å². The lowest BCUT2D eigenvalue weighted by Gasteiger charge is -2.07. The van der Waals surface area contributed by atoms with Gasteiger partial charge in [0.05, 0.1) is 0 Å². The van der Waals surface area contributed by atoms with Crippen molar-refractivity contribution >= 4 is 12.4 Å². The highest BCUT2D eigenvalue weighted by atomic mass is 35.5. The summed E-state index contributed by atoms with van der Waals surface area (Å²) in [6.45, 7) is 0.447. The van der Waals surface area contributed by atoms with E-state index in [0.717, 1.165) is 17.7 Å². The molecule has 0 heterocycles. The molecule has 20 heavy (non-hydrogen) atoms. The molecule has 0 radical (unpaired) electrons. The van der Waals surface area contributed by atoms with E-state index < -0.39 is 0 Å². The molecule has 2 atom stereocenters. The molecule has 1 saturated carbocycles. The molecular formula is C16H17ClFNO. The van der Waals surface area contributed by atoms with Gasteiger partial charge in [0.1, 0.15) is 18.2 Å². The quantitative estimate of drug-likeness (QED) is 0.934. The fraction of sp³-hybridized carbons (Fsp3) is 0.250. The molecule has 2 aromatic carbocycles. The van der Waals surface area contributed by atoms with Crippen LogP contribution in [0.4, 0.5) is 4.39 Å². The third-order valence-electron chi connectivity index (χ3n) is 3.47. The molecule has 1 aliphatic rings. The molecule has 2 aromatic rings. The van der Waals surface area contributed by atoms with E-state index in [4.69, 9.17) is 10.5 Å². The summed E-state index contributed by atoms with van der Waals surface area (Å²) in [7, 11) is 0. The molecule has 0 bridgehead atoms. The van der Waals surface area contributed by atoms with Crippen LogP contribution in [0.25, 0.3) is 0 Å². The van der Waals surface area contributed by atoms with Gasteiger partial charge in [-0.05, 0) is 41.8 Å². The monoisotopic (exact) mass is 293 g/mol. The normalized spacial score (nSPS) is 20.1. The Morgan fingerprint density at radius 2 is 1.65 bits per heavy atom. The SMILES string of the molecule is Cl.NC1CC1c1ccc(OCc2ccc(F)cc2)cc1. The van der Waals surface area contributed by atoms with Crippen molar-refractivity contribution in [1.29, 1.82) is 0 Å². The van der Waals surface area contributed by atoms with Gasteiger partial charge in [-0.2, -0.15) is 0 Å². The Labute approximate surface area is 124 Å². The van der Waals surface area contributed by atoms with Gasteiger partial charge in [0.25, 0.3) is 0 Å². The first-order chi connectivity index (χ1) is 9.22. The fourth-order valence-electron chi connectivity index (χ4n) is 2.16. The maximum absolute atomic E-state index is 12.8. The molecule has 0 aromatic heterocycles. The van der Waals surface area contributed by atoms with Crippen LogP contribution in [0.5, 0.6) is 5.75 Å². The van der Waals surface area contributed by atoms with Gasteiger partial charge in [-0.15, -0.1) is 12.4 Å². The molecular weight excluding hydrogens is 277 g/mol. The maximum Gasteiger partial charge on any atom is 0.123 e. The first-order valence-electron chi connectivity index (χ1n) is 6.45. The van der Waals surface area contributed by atoms with Crippen LogP contribution in [0.15, 0.2) is 48.5 Å². The van der Waals surface area contributed by atoms with Gasteiger partial charge in [-0.25, -0.2) is 4.39 Å². The van der Waals surface area contributed by atoms with Crippen molar-refractivity contribution in [3.63, 3.8) is 0 Å². The number of halogens is 2. The third kappa shape index (κ3) is 3.50. The molecule has 106 valence electrons. The number of benzene rings is 2. The van der Waals surface area contributed by atoms with Gasteiger partial charge >= 0.3 is 0 Å². The lowest BCUT2D eigenvalue weighted by molar-refractivity contribution is 0.306. The topological polar surface area (TPSA) is 35.2 Å². The molecule has 1 fully saturated rings. The standard InChI is InChI=1S/C16H16FNO.ClH/c17-13-5-1-11(2-6-13)10-19-14-7-3-12(4-8-14)15-9-16(15)18;/h1-8,15-16H,9-10,18H2;1H. The molecule has 3 rings (SSSR count). The third-order valence-corrected chi connectivity index (χ3v) is 3.47. The number of nitrogens with two attached hydrogens (primary N) is 1.